The third-order valence-electron chi connectivity index (χ3n) is 6.45. The second kappa shape index (κ2) is 9.66. The number of pyridine rings is 2. The van der Waals surface area contributed by atoms with Crippen LogP contribution in [-0.2, 0) is 21.0 Å². The zero-order valence-electron chi connectivity index (χ0n) is 20.1. The average Bonchev–Trinajstić information content (AvgIpc) is 2.83. The highest BCUT2D eigenvalue weighted by Crippen LogP contribution is 2.39. The van der Waals surface area contributed by atoms with E-state index in [2.05, 4.69) is 14.7 Å². The Labute approximate surface area is 212 Å². The summed E-state index contributed by atoms with van der Waals surface area (Å²) in [5.74, 6) is -0.933. The number of aliphatic carboxylic acids is 1. The van der Waals surface area contributed by atoms with Crippen molar-refractivity contribution >= 4 is 27.6 Å². The Morgan fingerprint density at radius 2 is 1.86 bits per heavy atom. The number of nitrogens with zero attached hydrogens (tertiary/aromatic N) is 3. The molecule has 1 fully saturated rings. The number of halogens is 3. The van der Waals surface area contributed by atoms with Gasteiger partial charge in [-0.2, -0.15) is 13.2 Å². The Morgan fingerprint density at radius 3 is 2.54 bits per heavy atom. The maximum Gasteiger partial charge on any atom is 0.418 e. The van der Waals surface area contributed by atoms with Crippen molar-refractivity contribution in [2.45, 2.75) is 37.8 Å². The molecule has 0 spiro atoms. The summed E-state index contributed by atoms with van der Waals surface area (Å²) in [6, 6.07) is 10.1. The lowest BCUT2D eigenvalue weighted by atomic mass is 9.82. The van der Waals surface area contributed by atoms with E-state index in [1.807, 2.05) is 0 Å². The summed E-state index contributed by atoms with van der Waals surface area (Å²) < 4.78 is 69.7. The number of nitrogens with one attached hydrogen (secondary N) is 1. The SMILES string of the molecule is Cc1ccccc1-c1cc(NS(=O)(=O)c2ccnc(N3CCC[C@](C)(C(=O)O)C3)c2)ncc1C(F)(F)F. The van der Waals surface area contributed by atoms with Crippen LogP contribution < -0.4 is 9.62 Å². The minimum atomic E-state index is -4.69. The van der Waals surface area contributed by atoms with Gasteiger partial charge in [-0.1, -0.05) is 24.3 Å². The Hall–Kier alpha value is -3.67. The topological polar surface area (TPSA) is 112 Å². The Bertz CT molecular complexity index is 1450. The predicted molar refractivity (Wildman–Crippen MR) is 132 cm³/mol. The number of aromatic nitrogens is 2. The van der Waals surface area contributed by atoms with Crippen LogP contribution in [0, 0.1) is 12.3 Å². The summed E-state index contributed by atoms with van der Waals surface area (Å²) in [5.41, 5.74) is -1.29. The third-order valence-corrected chi connectivity index (χ3v) is 7.80. The van der Waals surface area contributed by atoms with Crippen molar-refractivity contribution in [1.82, 2.24) is 9.97 Å². The van der Waals surface area contributed by atoms with Crippen LogP contribution >= 0.6 is 0 Å². The van der Waals surface area contributed by atoms with Crippen molar-refractivity contribution in [3.05, 3.63) is 66.0 Å². The molecule has 196 valence electrons. The summed E-state index contributed by atoms with van der Waals surface area (Å²) in [4.78, 5) is 21.2. The number of carbonyl (C=O) groups is 1. The first kappa shape index (κ1) is 26.4. The molecule has 1 aliphatic rings. The number of benzene rings is 1. The van der Waals surface area contributed by atoms with E-state index in [0.29, 0.717) is 36.7 Å². The van der Waals surface area contributed by atoms with Gasteiger partial charge in [-0.3, -0.25) is 9.52 Å². The molecule has 3 aromatic rings. The largest absolute Gasteiger partial charge is 0.481 e. The normalized spacial score (nSPS) is 18.5. The fraction of sp³-hybridized carbons (Fsp3) is 0.320. The molecule has 37 heavy (non-hydrogen) atoms. The standard InChI is InChI=1S/C25H25F3N4O4S/c1-16-6-3-4-7-18(16)19-13-21(30-14-20(19)25(26,27)28)31-37(35,36)17-8-10-29-22(12-17)32-11-5-9-24(2,15-32)23(33)34/h3-4,6-8,10,12-14H,5,9,11,15H2,1-2H3,(H,30,31)(H,33,34)/t24-/m0/s1. The van der Waals surface area contributed by atoms with Gasteiger partial charge in [0, 0.05) is 31.5 Å². The smallest absolute Gasteiger partial charge is 0.418 e. The van der Waals surface area contributed by atoms with E-state index in [-0.39, 0.29) is 28.6 Å². The molecule has 0 amide bonds. The molecule has 2 aromatic heterocycles. The summed E-state index contributed by atoms with van der Waals surface area (Å²) in [6.07, 6.45) is -1.72. The lowest BCUT2D eigenvalue weighted by Crippen LogP contribution is -2.46. The van der Waals surface area contributed by atoms with Gasteiger partial charge in [0.15, 0.2) is 0 Å². The molecule has 0 aliphatic carbocycles. The van der Waals surface area contributed by atoms with Gasteiger partial charge in [0.05, 0.1) is 15.9 Å². The number of rotatable bonds is 6. The first-order chi connectivity index (χ1) is 17.3. The van der Waals surface area contributed by atoms with E-state index in [1.165, 1.54) is 24.4 Å². The van der Waals surface area contributed by atoms with E-state index in [0.717, 1.165) is 6.07 Å². The van der Waals surface area contributed by atoms with Gasteiger partial charge >= 0.3 is 12.1 Å². The lowest BCUT2D eigenvalue weighted by molar-refractivity contribution is -0.148. The van der Waals surface area contributed by atoms with Gasteiger partial charge in [-0.25, -0.2) is 18.4 Å². The first-order valence-electron chi connectivity index (χ1n) is 11.4. The highest BCUT2D eigenvalue weighted by atomic mass is 32.2. The van der Waals surface area contributed by atoms with Crippen molar-refractivity contribution in [3.63, 3.8) is 0 Å². The molecule has 1 atom stereocenters. The second-order valence-corrected chi connectivity index (χ2v) is 11.0. The molecule has 4 rings (SSSR count). The number of carboxylic acids is 1. The number of carboxylic acid groups (broad SMARTS) is 1. The molecule has 12 heteroatoms. The average molecular weight is 535 g/mol. The maximum atomic E-state index is 13.7. The molecule has 1 aliphatic heterocycles. The van der Waals surface area contributed by atoms with Gasteiger partial charge < -0.3 is 10.0 Å². The number of hydrogen-bond acceptors (Lipinski definition) is 6. The number of anilines is 2. The van der Waals surface area contributed by atoms with E-state index < -0.39 is 33.1 Å². The van der Waals surface area contributed by atoms with E-state index in [4.69, 9.17) is 0 Å². The molecule has 8 nitrogen and oxygen atoms in total. The van der Waals surface area contributed by atoms with Crippen LogP contribution in [0.3, 0.4) is 0 Å². The second-order valence-electron chi connectivity index (χ2n) is 9.27. The van der Waals surface area contributed by atoms with Crippen LogP contribution in [0.5, 0.6) is 0 Å². The van der Waals surface area contributed by atoms with Crippen LogP contribution in [0.4, 0.5) is 24.8 Å². The fourth-order valence-electron chi connectivity index (χ4n) is 4.38. The van der Waals surface area contributed by atoms with Crippen molar-refractivity contribution in [2.24, 2.45) is 5.41 Å². The van der Waals surface area contributed by atoms with Crippen LogP contribution in [0.25, 0.3) is 11.1 Å². The first-order valence-corrected chi connectivity index (χ1v) is 12.9. The monoisotopic (exact) mass is 534 g/mol. The Balaban J connectivity index is 1.67. The quantitative estimate of drug-likeness (QED) is 0.460. The van der Waals surface area contributed by atoms with E-state index in [9.17, 15) is 31.5 Å². The van der Waals surface area contributed by atoms with Crippen LogP contribution in [0.2, 0.25) is 0 Å². The van der Waals surface area contributed by atoms with E-state index >= 15 is 0 Å². The molecule has 2 N–H and O–H groups in total. The molecule has 0 unspecified atom stereocenters. The highest BCUT2D eigenvalue weighted by Gasteiger charge is 2.38. The van der Waals surface area contributed by atoms with Crippen molar-refractivity contribution in [2.75, 3.05) is 22.7 Å². The zero-order valence-corrected chi connectivity index (χ0v) is 20.9. The van der Waals surface area contributed by atoms with Gasteiger partial charge in [0.2, 0.25) is 0 Å². The van der Waals surface area contributed by atoms with Gasteiger partial charge in [0.25, 0.3) is 10.0 Å². The van der Waals surface area contributed by atoms with E-state index in [1.54, 1.807) is 36.9 Å². The minimum absolute atomic E-state index is 0.159. The van der Waals surface area contributed by atoms with Crippen molar-refractivity contribution in [1.29, 1.82) is 0 Å². The summed E-state index contributed by atoms with van der Waals surface area (Å²) in [7, 11) is -4.25. The predicted octanol–water partition coefficient (Wildman–Crippen LogP) is 4.96. The number of sulfonamides is 1. The van der Waals surface area contributed by atoms with Crippen LogP contribution in [0.15, 0.2) is 59.8 Å². The highest BCUT2D eigenvalue weighted by molar-refractivity contribution is 7.92. The number of aryl methyl sites for hydroxylation is 1. The third kappa shape index (κ3) is 5.53. The molecule has 1 saturated heterocycles. The number of piperidine rings is 1. The van der Waals surface area contributed by atoms with Gasteiger partial charge in [-0.15, -0.1) is 0 Å². The van der Waals surface area contributed by atoms with Gasteiger partial charge in [-0.05, 0) is 55.5 Å². The maximum absolute atomic E-state index is 13.7. The summed E-state index contributed by atoms with van der Waals surface area (Å²) >= 11 is 0. The zero-order chi connectivity index (χ0) is 27.0. The summed E-state index contributed by atoms with van der Waals surface area (Å²) in [6.45, 7) is 3.96. The summed E-state index contributed by atoms with van der Waals surface area (Å²) in [5, 5.41) is 9.57. The van der Waals surface area contributed by atoms with Crippen LogP contribution in [0.1, 0.15) is 30.9 Å². The van der Waals surface area contributed by atoms with Crippen LogP contribution in [-0.4, -0.2) is 42.6 Å². The molecule has 0 saturated carbocycles. The molecule has 1 aromatic carbocycles. The molecular weight excluding hydrogens is 509 g/mol. The molecule has 3 heterocycles. The Morgan fingerprint density at radius 1 is 1.14 bits per heavy atom. The van der Waals surface area contributed by atoms with Crippen molar-refractivity contribution in [3.8, 4) is 11.1 Å². The van der Waals surface area contributed by atoms with Gasteiger partial charge in [0.1, 0.15) is 11.6 Å². The van der Waals surface area contributed by atoms with Crippen molar-refractivity contribution < 1.29 is 31.5 Å². The minimum Gasteiger partial charge on any atom is -0.481 e. The molecular formula is C25H25F3N4O4S. The molecule has 0 bridgehead atoms. The number of hydrogen-bond donors (Lipinski definition) is 2. The Kier molecular flexibility index (Phi) is 6.89. The number of alkyl halides is 3. The fourth-order valence-corrected chi connectivity index (χ4v) is 5.39. The molecule has 0 radical (unpaired) electrons. The lowest BCUT2D eigenvalue weighted by Gasteiger charge is -2.38.